The molecule has 1 unspecified atom stereocenters. The zero-order valence-electron chi connectivity index (χ0n) is 22.1. The smallest absolute Gasteiger partial charge is 0.0870 e. The fourth-order valence-corrected chi connectivity index (χ4v) is 4.36. The predicted molar refractivity (Wildman–Crippen MR) is 154 cm³/mol. The number of pyridine rings is 1. The van der Waals surface area contributed by atoms with Crippen molar-refractivity contribution < 1.29 is 0 Å². The van der Waals surface area contributed by atoms with Gasteiger partial charge in [-0.2, -0.15) is 0 Å². The van der Waals surface area contributed by atoms with Crippen LogP contribution >= 0.6 is 0 Å². The lowest BCUT2D eigenvalue weighted by Gasteiger charge is -2.18. The van der Waals surface area contributed by atoms with E-state index in [9.17, 15) is 0 Å². The van der Waals surface area contributed by atoms with Gasteiger partial charge >= 0.3 is 0 Å². The molecular formula is C33H42N2. The second-order valence-electron chi connectivity index (χ2n) is 9.67. The molecule has 1 aromatic carbocycles. The minimum atomic E-state index is 0.864. The topological polar surface area (TPSA) is 24.9 Å². The van der Waals surface area contributed by atoms with Crippen LogP contribution in [0.1, 0.15) is 82.7 Å². The van der Waals surface area contributed by atoms with Gasteiger partial charge < -0.3 is 5.32 Å². The summed E-state index contributed by atoms with van der Waals surface area (Å²) in [5.74, 6) is 0.864. The first-order chi connectivity index (χ1) is 17.0. The second kappa shape index (κ2) is 13.7. The van der Waals surface area contributed by atoms with Gasteiger partial charge in [0, 0.05) is 5.69 Å². The van der Waals surface area contributed by atoms with E-state index in [1.807, 2.05) is 19.2 Å². The summed E-state index contributed by atoms with van der Waals surface area (Å²) in [6.45, 7) is 13.1. The molecule has 0 saturated heterocycles. The van der Waals surface area contributed by atoms with E-state index < -0.39 is 0 Å². The molecule has 0 saturated carbocycles. The van der Waals surface area contributed by atoms with Gasteiger partial charge in [0.1, 0.15) is 0 Å². The van der Waals surface area contributed by atoms with E-state index in [0.717, 1.165) is 46.3 Å². The third-order valence-corrected chi connectivity index (χ3v) is 6.84. The lowest BCUT2D eigenvalue weighted by Crippen LogP contribution is -2.24. The molecule has 184 valence electrons. The van der Waals surface area contributed by atoms with E-state index in [1.165, 1.54) is 48.8 Å². The van der Waals surface area contributed by atoms with Gasteiger partial charge in [0.25, 0.3) is 0 Å². The van der Waals surface area contributed by atoms with Crippen molar-refractivity contribution in [1.82, 2.24) is 10.3 Å². The Bertz CT molecular complexity index is 1210. The summed E-state index contributed by atoms with van der Waals surface area (Å²) in [4.78, 5) is 4.75. The molecule has 1 aliphatic heterocycles. The van der Waals surface area contributed by atoms with Gasteiger partial charge in [0.05, 0.1) is 11.4 Å². The van der Waals surface area contributed by atoms with Crippen molar-refractivity contribution in [1.29, 1.82) is 0 Å². The summed E-state index contributed by atoms with van der Waals surface area (Å²) in [5, 5.41) is 5.65. The lowest BCUT2D eigenvalue weighted by atomic mass is 9.95. The number of dihydropyridines is 1. The zero-order chi connectivity index (χ0) is 25.0. The molecule has 0 radical (unpaired) electrons. The Kier molecular flexibility index (Phi) is 10.3. The Labute approximate surface area is 212 Å². The number of hydrogen-bond acceptors (Lipinski definition) is 2. The largest absolute Gasteiger partial charge is 0.360 e. The van der Waals surface area contributed by atoms with Crippen molar-refractivity contribution in [2.24, 2.45) is 5.92 Å². The third kappa shape index (κ3) is 7.96. The Hall–Kier alpha value is -3.13. The molecule has 0 spiro atoms. The van der Waals surface area contributed by atoms with Crippen LogP contribution in [0.5, 0.6) is 0 Å². The number of benzene rings is 1. The van der Waals surface area contributed by atoms with Crippen molar-refractivity contribution in [3.8, 4) is 0 Å². The number of unbranched alkanes of at least 4 members (excludes halogenated alkanes) is 3. The standard InChI is InChI=1S/C33H42N2/c1-6-25(3)15-11-9-8-10-12-17-28(7-2)23-30-24-29(21-20-26(30)4)31-18-14-22-34-33(31)32-19-13-16-27(5)35-32/h7,12-14,16-17,19-25,34H,4,6,8-11,15,18H2,1-3,5H3/b17-12+,28-7-,30-23-. The molecule has 2 aromatic rings. The molecule has 0 bridgehead atoms. The Balaban J connectivity index is 1.77. The van der Waals surface area contributed by atoms with Crippen LogP contribution in [-0.4, -0.2) is 4.98 Å². The Morgan fingerprint density at radius 2 is 2.03 bits per heavy atom. The summed E-state index contributed by atoms with van der Waals surface area (Å²) < 4.78 is 0. The van der Waals surface area contributed by atoms with E-state index in [-0.39, 0.29) is 0 Å². The summed E-state index contributed by atoms with van der Waals surface area (Å²) >= 11 is 0. The molecule has 1 N–H and O–H groups in total. The van der Waals surface area contributed by atoms with Crippen LogP contribution in [0.25, 0.3) is 23.9 Å². The molecule has 1 atom stereocenters. The van der Waals surface area contributed by atoms with Crippen molar-refractivity contribution in [3.05, 3.63) is 99.9 Å². The molecule has 0 aliphatic carbocycles. The van der Waals surface area contributed by atoms with Crippen molar-refractivity contribution in [3.63, 3.8) is 0 Å². The molecule has 35 heavy (non-hydrogen) atoms. The molecule has 2 heterocycles. The van der Waals surface area contributed by atoms with Crippen LogP contribution in [-0.2, 0) is 0 Å². The highest BCUT2D eigenvalue weighted by atomic mass is 14.9. The first kappa shape index (κ1) is 26.5. The number of nitrogens with one attached hydrogen (secondary N) is 1. The lowest BCUT2D eigenvalue weighted by molar-refractivity contribution is 0.479. The van der Waals surface area contributed by atoms with E-state index in [4.69, 9.17) is 4.98 Å². The van der Waals surface area contributed by atoms with Gasteiger partial charge in [-0.05, 0) is 96.6 Å². The highest BCUT2D eigenvalue weighted by Gasteiger charge is 2.14. The van der Waals surface area contributed by atoms with Crippen molar-refractivity contribution in [2.75, 3.05) is 0 Å². The first-order valence-electron chi connectivity index (χ1n) is 13.2. The average molecular weight is 467 g/mol. The molecule has 3 rings (SSSR count). The maximum absolute atomic E-state index is 4.75. The SMILES string of the molecule is C=c1ccc(C2=C(c3cccc(C)n3)NC=CC2)c/c1=C/C(=C\C)/C=C/CCCCCC(C)CC. The van der Waals surface area contributed by atoms with Crippen LogP contribution in [0.4, 0.5) is 0 Å². The minimum Gasteiger partial charge on any atom is -0.360 e. The van der Waals surface area contributed by atoms with Crippen LogP contribution in [0.15, 0.2) is 72.5 Å². The van der Waals surface area contributed by atoms with Crippen LogP contribution < -0.4 is 15.8 Å². The number of nitrogens with zero attached hydrogens (tertiary/aromatic N) is 1. The summed E-state index contributed by atoms with van der Waals surface area (Å²) in [6, 6.07) is 12.7. The molecule has 0 amide bonds. The maximum Gasteiger partial charge on any atom is 0.0870 e. The van der Waals surface area contributed by atoms with Crippen LogP contribution in [0.2, 0.25) is 0 Å². The molecule has 2 nitrogen and oxygen atoms in total. The van der Waals surface area contributed by atoms with E-state index >= 15 is 0 Å². The van der Waals surface area contributed by atoms with Gasteiger partial charge in [-0.25, -0.2) is 0 Å². The fourth-order valence-electron chi connectivity index (χ4n) is 4.36. The van der Waals surface area contributed by atoms with Crippen LogP contribution in [0, 0.1) is 12.8 Å². The van der Waals surface area contributed by atoms with Gasteiger partial charge in [-0.3, -0.25) is 4.98 Å². The van der Waals surface area contributed by atoms with Gasteiger partial charge in [0.2, 0.25) is 0 Å². The third-order valence-electron chi connectivity index (χ3n) is 6.84. The van der Waals surface area contributed by atoms with Gasteiger partial charge in [-0.1, -0.05) is 88.6 Å². The van der Waals surface area contributed by atoms with E-state index in [0.29, 0.717) is 0 Å². The monoisotopic (exact) mass is 466 g/mol. The van der Waals surface area contributed by atoms with Crippen molar-refractivity contribution >= 4 is 23.9 Å². The van der Waals surface area contributed by atoms with Gasteiger partial charge in [-0.15, -0.1) is 0 Å². The van der Waals surface area contributed by atoms with E-state index in [1.54, 1.807) is 0 Å². The highest BCUT2D eigenvalue weighted by Crippen LogP contribution is 2.28. The molecule has 2 heteroatoms. The molecular weight excluding hydrogens is 424 g/mol. The summed E-state index contributed by atoms with van der Waals surface area (Å²) in [7, 11) is 0. The number of allylic oxidation sites excluding steroid dienone is 6. The molecule has 1 aromatic heterocycles. The quantitative estimate of drug-likeness (QED) is 0.275. The number of hydrogen-bond donors (Lipinski definition) is 1. The van der Waals surface area contributed by atoms with Crippen LogP contribution in [0.3, 0.4) is 0 Å². The normalized spacial score (nSPS) is 15.7. The first-order valence-corrected chi connectivity index (χ1v) is 13.2. The summed E-state index contributed by atoms with van der Waals surface area (Å²) in [6.07, 6.45) is 21.8. The fraction of sp³-hybridized carbons (Fsp3) is 0.364. The second-order valence-corrected chi connectivity index (χ2v) is 9.67. The number of aryl methyl sites for hydroxylation is 1. The van der Waals surface area contributed by atoms with Gasteiger partial charge in [0.15, 0.2) is 0 Å². The zero-order valence-corrected chi connectivity index (χ0v) is 22.1. The summed E-state index contributed by atoms with van der Waals surface area (Å²) in [5.41, 5.74) is 6.78. The number of rotatable bonds is 11. The Morgan fingerprint density at radius 1 is 1.17 bits per heavy atom. The Morgan fingerprint density at radius 3 is 2.80 bits per heavy atom. The average Bonchev–Trinajstić information content (AvgIpc) is 2.88. The molecule has 1 aliphatic rings. The highest BCUT2D eigenvalue weighted by molar-refractivity contribution is 5.90. The predicted octanol–water partition coefficient (Wildman–Crippen LogP) is 7.46. The maximum atomic E-state index is 4.75. The minimum absolute atomic E-state index is 0.864. The van der Waals surface area contributed by atoms with Crippen molar-refractivity contribution in [2.45, 2.75) is 72.6 Å². The molecule has 0 fully saturated rings. The van der Waals surface area contributed by atoms with E-state index in [2.05, 4.69) is 93.4 Å². The number of aromatic nitrogens is 1.